The molecule has 3 aromatic heterocycles. The monoisotopic (exact) mass is 1110 g/mol. The number of benzene rings is 9. The van der Waals surface area contributed by atoms with Gasteiger partial charge in [-0.05, 0) is 103 Å². The van der Waals surface area contributed by atoms with Crippen molar-refractivity contribution in [3.05, 3.63) is 218 Å². The largest absolute Gasteiger partial charge is 0.507 e. The van der Waals surface area contributed by atoms with Crippen LogP contribution in [0, 0.1) is 6.07 Å². The summed E-state index contributed by atoms with van der Waals surface area (Å²) in [6, 6.07) is 71.5. The first kappa shape index (κ1) is 46.5. The van der Waals surface area contributed by atoms with Crippen LogP contribution < -0.4 is 0 Å². The summed E-state index contributed by atoms with van der Waals surface area (Å²) in [7, 11) is 0. The number of imidazole rings is 1. The summed E-state index contributed by atoms with van der Waals surface area (Å²) in [5.74, 6) is 0.651. The fourth-order valence-corrected chi connectivity index (χ4v) is 10.3. The van der Waals surface area contributed by atoms with Gasteiger partial charge in [0.2, 0.25) is 0 Å². The van der Waals surface area contributed by atoms with E-state index in [9.17, 15) is 5.11 Å². The molecule has 1 N–H and O–H groups in total. The first-order valence-corrected chi connectivity index (χ1v) is 24.4. The normalized spacial score (nSPS) is 12.0. The number of aromatic hydroxyl groups is 1. The van der Waals surface area contributed by atoms with Crippen LogP contribution >= 0.6 is 0 Å². The predicted octanol–water partition coefficient (Wildman–Crippen LogP) is 17.6. The molecule has 0 atom stereocenters. The number of pyridine rings is 1. The van der Waals surface area contributed by atoms with Crippen LogP contribution in [0.1, 0.15) is 52.7 Å². The van der Waals surface area contributed by atoms with Crippen LogP contribution in [0.25, 0.3) is 117 Å². The summed E-state index contributed by atoms with van der Waals surface area (Å²) < 4.78 is 9.34. The summed E-state index contributed by atoms with van der Waals surface area (Å²) in [6.45, 7) is 13.5. The summed E-state index contributed by atoms with van der Waals surface area (Å²) in [5.41, 5.74) is 16.5. The van der Waals surface area contributed by atoms with E-state index >= 15 is 0 Å². The van der Waals surface area contributed by atoms with E-state index in [1.165, 1.54) is 0 Å². The Labute approximate surface area is 434 Å². The molecule has 0 saturated carbocycles. The van der Waals surface area contributed by atoms with Crippen molar-refractivity contribution in [2.24, 2.45) is 0 Å². The number of para-hydroxylation sites is 1. The Morgan fingerprint density at radius 1 is 0.528 bits per heavy atom. The standard InChI is InChI=1S/C66H52N3O2.Pt/c1-65(2,3)48-36-46(35-47(37-48)55-39-45(33-34-67-55)42-21-12-8-13-22-42)49-27-18-28-57-62(49)68-64(69(57)56-31-29-44(38-54(56)66(4,5)6)41-19-10-7-11-20-41)61-58(70)32-30-52-60-51-26-17-16-25-50(51)53(40-59(60)71-63(52)61)43-23-14-9-15-24-43;/h7-34,36-40,70H,1-6H3;/q-1;. The summed E-state index contributed by atoms with van der Waals surface area (Å²) in [4.78, 5) is 10.6. The molecule has 0 amide bonds. The summed E-state index contributed by atoms with van der Waals surface area (Å²) in [6.07, 6.45) is 1.88. The van der Waals surface area contributed by atoms with Gasteiger partial charge in [-0.15, -0.1) is 29.3 Å². The smallest absolute Gasteiger partial charge is 0.152 e. The number of hydrogen-bond donors (Lipinski definition) is 1. The fraction of sp³-hybridized carbons (Fsp3) is 0.121. The molecule has 354 valence electrons. The van der Waals surface area contributed by atoms with Crippen LogP contribution in [0.3, 0.4) is 0 Å². The molecule has 0 aliphatic carbocycles. The van der Waals surface area contributed by atoms with Crippen molar-refractivity contribution in [3.8, 4) is 78.6 Å². The van der Waals surface area contributed by atoms with Gasteiger partial charge in [0.15, 0.2) is 5.82 Å². The molecule has 9 aromatic carbocycles. The van der Waals surface area contributed by atoms with Gasteiger partial charge in [0.25, 0.3) is 0 Å². The van der Waals surface area contributed by atoms with Gasteiger partial charge >= 0.3 is 0 Å². The first-order chi connectivity index (χ1) is 34.4. The quantitative estimate of drug-likeness (QED) is 0.162. The van der Waals surface area contributed by atoms with Crippen LogP contribution in [0.4, 0.5) is 0 Å². The van der Waals surface area contributed by atoms with Gasteiger partial charge in [0.1, 0.15) is 22.5 Å². The average molecular weight is 1110 g/mol. The maximum Gasteiger partial charge on any atom is 0.152 e. The van der Waals surface area contributed by atoms with E-state index in [1.54, 1.807) is 6.07 Å². The molecule has 0 spiro atoms. The molecule has 0 radical (unpaired) electrons. The number of phenols is 1. The molecule has 72 heavy (non-hydrogen) atoms. The average Bonchev–Trinajstić information content (AvgIpc) is 3.97. The van der Waals surface area contributed by atoms with E-state index < -0.39 is 0 Å². The minimum atomic E-state index is -0.295. The molecule has 6 heteroatoms. The predicted molar refractivity (Wildman–Crippen MR) is 294 cm³/mol. The van der Waals surface area contributed by atoms with Gasteiger partial charge in [0.05, 0.1) is 16.7 Å². The van der Waals surface area contributed by atoms with Gasteiger partial charge in [-0.2, -0.15) is 0 Å². The molecule has 0 saturated heterocycles. The van der Waals surface area contributed by atoms with Gasteiger partial charge < -0.3 is 9.52 Å². The maximum atomic E-state index is 12.4. The molecule has 12 rings (SSSR count). The second-order valence-electron chi connectivity index (χ2n) is 20.7. The zero-order valence-electron chi connectivity index (χ0n) is 41.1. The second kappa shape index (κ2) is 18.1. The zero-order valence-corrected chi connectivity index (χ0v) is 43.3. The summed E-state index contributed by atoms with van der Waals surface area (Å²) in [5, 5.41) is 16.5. The third kappa shape index (κ3) is 8.12. The number of rotatable bonds is 7. The molecule has 0 fully saturated rings. The molecule has 3 heterocycles. The molecule has 5 nitrogen and oxygen atoms in total. The van der Waals surface area contributed by atoms with E-state index in [0.29, 0.717) is 17.0 Å². The first-order valence-electron chi connectivity index (χ1n) is 24.4. The zero-order chi connectivity index (χ0) is 48.6. The molecule has 12 aromatic rings. The van der Waals surface area contributed by atoms with Crippen LogP contribution in [0.15, 0.2) is 205 Å². The molecule has 0 aliphatic heterocycles. The van der Waals surface area contributed by atoms with E-state index in [0.717, 1.165) is 111 Å². The maximum absolute atomic E-state index is 12.4. The Morgan fingerprint density at radius 2 is 1.17 bits per heavy atom. The van der Waals surface area contributed by atoms with Gasteiger partial charge in [0, 0.05) is 43.7 Å². The third-order valence-electron chi connectivity index (χ3n) is 13.9. The number of fused-ring (bicyclic) bond motifs is 6. The van der Waals surface area contributed by atoms with Crippen LogP contribution in [0.2, 0.25) is 0 Å². The third-order valence-corrected chi connectivity index (χ3v) is 13.9. The van der Waals surface area contributed by atoms with Gasteiger partial charge in [-0.3, -0.25) is 9.55 Å². The minimum absolute atomic E-state index is 0. The molecular weight excluding hydrogens is 1060 g/mol. The number of nitrogens with zero attached hydrogens (tertiary/aromatic N) is 3. The molecular formula is C66H52N3O2Pt-. The Kier molecular flexibility index (Phi) is 11.7. The number of aromatic nitrogens is 3. The fourth-order valence-electron chi connectivity index (χ4n) is 10.3. The minimum Gasteiger partial charge on any atom is -0.507 e. The van der Waals surface area contributed by atoms with Crippen molar-refractivity contribution in [1.82, 2.24) is 14.5 Å². The van der Waals surface area contributed by atoms with E-state index in [4.69, 9.17) is 14.4 Å². The summed E-state index contributed by atoms with van der Waals surface area (Å²) >= 11 is 0. The topological polar surface area (TPSA) is 64.1 Å². The van der Waals surface area contributed by atoms with E-state index in [2.05, 4.69) is 222 Å². The van der Waals surface area contributed by atoms with Gasteiger partial charge in [-0.1, -0.05) is 192 Å². The number of hydrogen-bond acceptors (Lipinski definition) is 4. The molecule has 0 aliphatic rings. The molecule has 0 unspecified atom stereocenters. The van der Waals surface area contributed by atoms with E-state index in [-0.39, 0.29) is 37.6 Å². The Bertz CT molecular complexity index is 4010. The van der Waals surface area contributed by atoms with Crippen LogP contribution in [0.5, 0.6) is 5.75 Å². The van der Waals surface area contributed by atoms with Crippen molar-refractivity contribution in [1.29, 1.82) is 0 Å². The van der Waals surface area contributed by atoms with Crippen molar-refractivity contribution in [2.75, 3.05) is 0 Å². The van der Waals surface area contributed by atoms with Crippen LogP contribution in [-0.4, -0.2) is 19.6 Å². The SMILES string of the molecule is CC(C)(C)c1cc(-c2cc(-c3ccccc3)ccn2)[c-]c(-c2cccc3c2nc(-c2c(O)ccc4c2oc2cc(-c5ccccc5)c5ccccc5c24)n3-c2ccc(-c3ccccc3)cc2C(C)(C)C)c1.[Pt]. The van der Waals surface area contributed by atoms with Crippen molar-refractivity contribution in [2.45, 2.75) is 52.4 Å². The van der Waals surface area contributed by atoms with Crippen molar-refractivity contribution >= 4 is 43.7 Å². The number of phenolic OH excluding ortho intramolecular Hbond substituents is 1. The molecule has 0 bridgehead atoms. The second-order valence-corrected chi connectivity index (χ2v) is 20.7. The Hall–Kier alpha value is -7.85. The Morgan fingerprint density at radius 3 is 1.85 bits per heavy atom. The van der Waals surface area contributed by atoms with Crippen molar-refractivity contribution in [3.63, 3.8) is 0 Å². The number of furan rings is 1. The van der Waals surface area contributed by atoms with Crippen molar-refractivity contribution < 1.29 is 30.6 Å². The van der Waals surface area contributed by atoms with Crippen LogP contribution in [-0.2, 0) is 31.9 Å². The van der Waals surface area contributed by atoms with E-state index in [1.807, 2.05) is 24.4 Å². The van der Waals surface area contributed by atoms with Gasteiger partial charge in [-0.25, -0.2) is 4.98 Å². The Balaban J connectivity index is 0.00000560.